The normalized spacial score (nSPS) is 24.9. The number of imide groups is 1. The second-order valence-corrected chi connectivity index (χ2v) is 9.14. The Morgan fingerprint density at radius 1 is 0.971 bits per heavy atom. The Morgan fingerprint density at radius 2 is 1.60 bits per heavy atom. The van der Waals surface area contributed by atoms with E-state index >= 15 is 0 Å². The lowest BCUT2D eigenvalue weighted by atomic mass is 9.85. The maximum absolute atomic E-state index is 13.3. The largest absolute Gasteiger partial charge is 0.497 e. The van der Waals surface area contributed by atoms with Crippen LogP contribution < -0.4 is 10.1 Å². The van der Waals surface area contributed by atoms with Gasteiger partial charge in [-0.05, 0) is 48.1 Å². The van der Waals surface area contributed by atoms with Crippen molar-refractivity contribution in [2.24, 2.45) is 23.7 Å². The molecule has 0 radical (unpaired) electrons. The summed E-state index contributed by atoms with van der Waals surface area (Å²) in [5, 5.41) is 2.65. The van der Waals surface area contributed by atoms with E-state index in [0.29, 0.717) is 11.4 Å². The molecule has 2 aromatic carbocycles. The van der Waals surface area contributed by atoms with Crippen molar-refractivity contribution in [3.8, 4) is 5.75 Å². The van der Waals surface area contributed by atoms with Crippen LogP contribution in [0.3, 0.4) is 0 Å². The van der Waals surface area contributed by atoms with Gasteiger partial charge < -0.3 is 14.8 Å². The van der Waals surface area contributed by atoms with Gasteiger partial charge in [0.2, 0.25) is 11.8 Å². The smallest absolute Gasteiger partial charge is 0.330 e. The highest BCUT2D eigenvalue weighted by molar-refractivity contribution is 6.09. The first-order chi connectivity index (χ1) is 17.0. The topological polar surface area (TPSA) is 102 Å². The first-order valence-electron chi connectivity index (χ1n) is 11.7. The minimum absolute atomic E-state index is 0.0371. The molecule has 0 unspecified atom stereocenters. The van der Waals surface area contributed by atoms with Crippen LogP contribution >= 0.6 is 0 Å². The number of benzene rings is 2. The molecule has 1 N–H and O–H groups in total. The minimum atomic E-state index is -1.13. The molecule has 5 atom stereocenters. The number of carbonyl (C=O) groups excluding carboxylic acids is 4. The fourth-order valence-electron chi connectivity index (χ4n) is 5.45. The summed E-state index contributed by atoms with van der Waals surface area (Å²) in [5.74, 6) is -2.06. The molecule has 2 aromatic rings. The van der Waals surface area contributed by atoms with Crippen molar-refractivity contribution >= 4 is 29.4 Å². The summed E-state index contributed by atoms with van der Waals surface area (Å²) in [7, 11) is 1.54. The van der Waals surface area contributed by atoms with Crippen LogP contribution in [0.5, 0.6) is 5.75 Å². The number of ether oxygens (including phenoxy) is 2. The van der Waals surface area contributed by atoms with Gasteiger partial charge in [0.1, 0.15) is 11.8 Å². The first-order valence-corrected chi connectivity index (χ1v) is 11.7. The van der Waals surface area contributed by atoms with Crippen molar-refractivity contribution in [2.75, 3.05) is 19.0 Å². The van der Waals surface area contributed by atoms with E-state index in [-0.39, 0.29) is 30.1 Å². The molecule has 8 nitrogen and oxygen atoms in total. The second kappa shape index (κ2) is 9.37. The lowest BCUT2D eigenvalue weighted by Gasteiger charge is -2.26. The number of amides is 3. The summed E-state index contributed by atoms with van der Waals surface area (Å²) < 4.78 is 10.4. The second-order valence-electron chi connectivity index (χ2n) is 9.14. The number of likely N-dealkylation sites (tertiary alicyclic amines) is 1. The van der Waals surface area contributed by atoms with E-state index in [9.17, 15) is 19.2 Å². The number of esters is 1. The van der Waals surface area contributed by atoms with Crippen molar-refractivity contribution in [1.29, 1.82) is 0 Å². The quantitative estimate of drug-likeness (QED) is 0.359. The van der Waals surface area contributed by atoms with E-state index < -0.39 is 36.4 Å². The number of allylic oxidation sites excluding steroid dienone is 2. The lowest BCUT2D eigenvalue weighted by Crippen LogP contribution is -2.48. The first kappa shape index (κ1) is 22.8. The SMILES string of the molecule is COc1ccc(NC(=O)COC(=O)[C@H](Cc2ccccc2)N2C(=O)[C@H]3[C@H](C2=O)[C@H]2C=C[C@H]3C2)cc1. The maximum atomic E-state index is 13.3. The Morgan fingerprint density at radius 3 is 2.20 bits per heavy atom. The van der Waals surface area contributed by atoms with E-state index in [1.54, 1.807) is 31.4 Å². The Hall–Kier alpha value is -3.94. The van der Waals surface area contributed by atoms with Crippen molar-refractivity contribution < 1.29 is 28.7 Å². The van der Waals surface area contributed by atoms with E-state index in [0.717, 1.165) is 16.9 Å². The number of hydrogen-bond donors (Lipinski definition) is 1. The Kier molecular flexibility index (Phi) is 6.11. The molecular weight excluding hydrogens is 448 g/mol. The molecular formula is C27H26N2O6. The standard InChI is InChI=1S/C27H26N2O6/c1-34-20-11-9-19(10-12-20)28-22(30)15-35-27(33)21(13-16-5-3-2-4-6-16)29-25(31)23-17-7-8-18(14-17)24(23)26(29)32/h2-12,17-18,21,23-24H,13-15H2,1H3,(H,28,30)/t17-,18-,21-,23+,24+/m0/s1. The highest BCUT2D eigenvalue weighted by atomic mass is 16.5. The van der Waals surface area contributed by atoms with Gasteiger partial charge in [0.25, 0.3) is 5.91 Å². The van der Waals surface area contributed by atoms with Gasteiger partial charge in [-0.15, -0.1) is 0 Å². The highest BCUT2D eigenvalue weighted by Crippen LogP contribution is 2.53. The van der Waals surface area contributed by atoms with Gasteiger partial charge in [-0.2, -0.15) is 0 Å². The third kappa shape index (κ3) is 4.32. The zero-order valence-corrected chi connectivity index (χ0v) is 19.3. The summed E-state index contributed by atoms with van der Waals surface area (Å²) in [4.78, 5) is 53.3. The van der Waals surface area contributed by atoms with Crippen LogP contribution in [0.4, 0.5) is 5.69 Å². The number of anilines is 1. The van der Waals surface area contributed by atoms with Crippen LogP contribution in [-0.2, 0) is 30.3 Å². The molecule has 5 rings (SSSR count). The maximum Gasteiger partial charge on any atom is 0.330 e. The predicted molar refractivity (Wildman–Crippen MR) is 126 cm³/mol. The Labute approximate surface area is 202 Å². The van der Waals surface area contributed by atoms with Gasteiger partial charge in [0.15, 0.2) is 6.61 Å². The van der Waals surface area contributed by atoms with E-state index in [2.05, 4.69) is 5.32 Å². The van der Waals surface area contributed by atoms with E-state index in [1.165, 1.54) is 0 Å². The lowest BCUT2D eigenvalue weighted by molar-refractivity contribution is -0.160. The molecule has 2 aliphatic carbocycles. The van der Waals surface area contributed by atoms with Crippen LogP contribution in [0.1, 0.15) is 12.0 Å². The monoisotopic (exact) mass is 474 g/mol. The van der Waals surface area contributed by atoms with E-state index in [1.807, 2.05) is 42.5 Å². The van der Waals surface area contributed by atoms with Gasteiger partial charge in [-0.3, -0.25) is 19.3 Å². The average molecular weight is 475 g/mol. The van der Waals surface area contributed by atoms with Crippen molar-refractivity contribution in [3.05, 3.63) is 72.3 Å². The van der Waals surface area contributed by atoms with E-state index in [4.69, 9.17) is 9.47 Å². The van der Waals surface area contributed by atoms with Crippen LogP contribution in [0.15, 0.2) is 66.7 Å². The number of hydrogen-bond acceptors (Lipinski definition) is 6. The molecule has 3 aliphatic rings. The molecule has 2 bridgehead atoms. The molecule has 0 aromatic heterocycles. The molecule has 3 amide bonds. The third-order valence-electron chi connectivity index (χ3n) is 7.08. The number of nitrogens with zero attached hydrogens (tertiary/aromatic N) is 1. The molecule has 1 aliphatic heterocycles. The molecule has 180 valence electrons. The summed E-state index contributed by atoms with van der Waals surface area (Å²) in [6, 6.07) is 14.7. The number of nitrogens with one attached hydrogen (secondary N) is 1. The highest BCUT2D eigenvalue weighted by Gasteiger charge is 2.61. The number of rotatable bonds is 8. The molecule has 8 heteroatoms. The number of fused-ring (bicyclic) bond motifs is 5. The Balaban J connectivity index is 1.30. The van der Waals surface area contributed by atoms with Crippen LogP contribution in [-0.4, -0.2) is 48.3 Å². The zero-order valence-electron chi connectivity index (χ0n) is 19.3. The van der Waals surface area contributed by atoms with Gasteiger partial charge >= 0.3 is 5.97 Å². The van der Waals surface area contributed by atoms with Crippen LogP contribution in [0.2, 0.25) is 0 Å². The number of methoxy groups -OCH3 is 1. The van der Waals surface area contributed by atoms with Gasteiger partial charge in [0, 0.05) is 12.1 Å². The average Bonchev–Trinajstić information content (AvgIpc) is 3.56. The van der Waals surface area contributed by atoms with Gasteiger partial charge in [0.05, 0.1) is 18.9 Å². The van der Waals surface area contributed by atoms with Crippen molar-refractivity contribution in [2.45, 2.75) is 18.9 Å². The van der Waals surface area contributed by atoms with Gasteiger partial charge in [-0.1, -0.05) is 42.5 Å². The predicted octanol–water partition coefficient (Wildman–Crippen LogP) is 2.60. The molecule has 2 fully saturated rings. The summed E-state index contributed by atoms with van der Waals surface area (Å²) >= 11 is 0. The van der Waals surface area contributed by atoms with Gasteiger partial charge in [-0.25, -0.2) is 4.79 Å². The van der Waals surface area contributed by atoms with Crippen LogP contribution in [0.25, 0.3) is 0 Å². The minimum Gasteiger partial charge on any atom is -0.497 e. The third-order valence-corrected chi connectivity index (χ3v) is 7.08. The van der Waals surface area contributed by atoms with Crippen molar-refractivity contribution in [1.82, 2.24) is 4.90 Å². The molecule has 1 saturated carbocycles. The fourth-order valence-corrected chi connectivity index (χ4v) is 5.45. The summed E-state index contributed by atoms with van der Waals surface area (Å²) in [5.41, 5.74) is 1.31. The Bertz CT molecular complexity index is 1150. The van der Waals surface area contributed by atoms with Crippen molar-refractivity contribution in [3.63, 3.8) is 0 Å². The molecule has 1 heterocycles. The van der Waals surface area contributed by atoms with Crippen LogP contribution in [0, 0.1) is 23.7 Å². The number of carbonyl (C=O) groups is 4. The molecule has 0 spiro atoms. The zero-order chi connectivity index (χ0) is 24.5. The fraction of sp³-hybridized carbons (Fsp3) is 0.333. The molecule has 1 saturated heterocycles. The summed E-state index contributed by atoms with van der Waals surface area (Å²) in [6.45, 7) is -0.536. The molecule has 35 heavy (non-hydrogen) atoms. The summed E-state index contributed by atoms with van der Waals surface area (Å²) in [6.07, 6.45) is 4.95.